The van der Waals surface area contributed by atoms with E-state index in [-0.39, 0.29) is 30.3 Å². The van der Waals surface area contributed by atoms with Gasteiger partial charge in [-0.3, -0.25) is 9.59 Å². The van der Waals surface area contributed by atoms with Gasteiger partial charge in [-0.2, -0.15) is 0 Å². The summed E-state index contributed by atoms with van der Waals surface area (Å²) in [5.41, 5.74) is 7.04. The van der Waals surface area contributed by atoms with Crippen LogP contribution in [0.15, 0.2) is 30.3 Å². The number of carbonyl (C=O) groups excluding carboxylic acids is 1. The van der Waals surface area contributed by atoms with Crippen LogP contribution in [0, 0.1) is 5.92 Å². The molecular weight excluding hydrogens is 268 g/mol. The van der Waals surface area contributed by atoms with Crippen LogP contribution < -0.4 is 11.1 Å². The molecule has 0 saturated heterocycles. The molecular formula is C16H24N2O3. The molecule has 5 heteroatoms. The second-order valence-corrected chi connectivity index (χ2v) is 5.57. The van der Waals surface area contributed by atoms with Crippen molar-refractivity contribution in [2.24, 2.45) is 11.7 Å². The van der Waals surface area contributed by atoms with E-state index in [1.807, 2.05) is 44.2 Å². The van der Waals surface area contributed by atoms with Crippen molar-refractivity contribution in [2.45, 2.75) is 45.2 Å². The molecule has 4 N–H and O–H groups in total. The molecule has 21 heavy (non-hydrogen) atoms. The minimum Gasteiger partial charge on any atom is -0.481 e. The number of rotatable bonds is 8. The maximum Gasteiger partial charge on any atom is 0.305 e. The number of hydrogen-bond acceptors (Lipinski definition) is 3. The Labute approximate surface area is 125 Å². The molecule has 0 aliphatic rings. The van der Waals surface area contributed by atoms with Crippen molar-refractivity contribution in [2.75, 3.05) is 0 Å². The Morgan fingerprint density at radius 1 is 1.24 bits per heavy atom. The molecule has 1 aromatic carbocycles. The van der Waals surface area contributed by atoms with E-state index in [1.54, 1.807) is 0 Å². The Balaban J connectivity index is 2.44. The van der Waals surface area contributed by atoms with Crippen LogP contribution >= 0.6 is 0 Å². The quantitative estimate of drug-likeness (QED) is 0.684. The summed E-state index contributed by atoms with van der Waals surface area (Å²) in [5, 5.41) is 11.6. The molecule has 0 aromatic heterocycles. The Hall–Kier alpha value is -1.88. The molecule has 2 atom stereocenters. The van der Waals surface area contributed by atoms with Crippen LogP contribution in [0.2, 0.25) is 0 Å². The van der Waals surface area contributed by atoms with Crippen molar-refractivity contribution >= 4 is 11.9 Å². The maximum absolute atomic E-state index is 11.9. The highest BCUT2D eigenvalue weighted by molar-refractivity contribution is 5.77. The summed E-state index contributed by atoms with van der Waals surface area (Å²) in [4.78, 5) is 22.7. The zero-order valence-corrected chi connectivity index (χ0v) is 12.6. The second kappa shape index (κ2) is 8.42. The van der Waals surface area contributed by atoms with Gasteiger partial charge in [-0.15, -0.1) is 0 Å². The molecule has 0 fully saturated rings. The van der Waals surface area contributed by atoms with Crippen LogP contribution in [-0.4, -0.2) is 23.0 Å². The molecule has 1 rings (SSSR count). The van der Waals surface area contributed by atoms with Gasteiger partial charge in [0, 0.05) is 18.5 Å². The predicted molar refractivity (Wildman–Crippen MR) is 81.6 cm³/mol. The fourth-order valence-electron chi connectivity index (χ4n) is 2.07. The molecule has 116 valence electrons. The summed E-state index contributed by atoms with van der Waals surface area (Å²) in [6, 6.07) is 9.08. The van der Waals surface area contributed by atoms with Gasteiger partial charge in [0.2, 0.25) is 5.91 Å². The SMILES string of the molecule is CC(C)C(CC(=O)O)NC(=O)CCC(N)c1ccccc1. The van der Waals surface area contributed by atoms with Gasteiger partial charge in [0.1, 0.15) is 0 Å². The molecule has 0 aliphatic heterocycles. The van der Waals surface area contributed by atoms with E-state index in [1.165, 1.54) is 0 Å². The summed E-state index contributed by atoms with van der Waals surface area (Å²) in [7, 11) is 0. The van der Waals surface area contributed by atoms with E-state index in [2.05, 4.69) is 5.32 Å². The number of hydrogen-bond donors (Lipinski definition) is 3. The zero-order valence-electron chi connectivity index (χ0n) is 12.6. The van der Waals surface area contributed by atoms with Gasteiger partial charge in [0.25, 0.3) is 0 Å². The van der Waals surface area contributed by atoms with Crippen molar-refractivity contribution in [3.63, 3.8) is 0 Å². The summed E-state index contributed by atoms with van der Waals surface area (Å²) in [5.74, 6) is -0.982. The van der Waals surface area contributed by atoms with E-state index in [9.17, 15) is 9.59 Å². The second-order valence-electron chi connectivity index (χ2n) is 5.57. The van der Waals surface area contributed by atoms with Gasteiger partial charge >= 0.3 is 5.97 Å². The van der Waals surface area contributed by atoms with E-state index >= 15 is 0 Å². The molecule has 0 spiro atoms. The van der Waals surface area contributed by atoms with E-state index in [4.69, 9.17) is 10.8 Å². The topological polar surface area (TPSA) is 92.4 Å². The lowest BCUT2D eigenvalue weighted by Gasteiger charge is -2.21. The molecule has 1 amide bonds. The first-order valence-corrected chi connectivity index (χ1v) is 7.21. The standard InChI is InChI=1S/C16H24N2O3/c1-11(2)14(10-16(20)21)18-15(19)9-8-13(17)12-6-4-3-5-7-12/h3-7,11,13-14H,8-10,17H2,1-2H3,(H,18,19)(H,20,21). The normalized spacial score (nSPS) is 13.7. The minimum atomic E-state index is -0.907. The molecule has 1 aromatic rings. The molecule has 2 unspecified atom stereocenters. The summed E-state index contributed by atoms with van der Waals surface area (Å²) >= 11 is 0. The zero-order chi connectivity index (χ0) is 15.8. The molecule has 0 bridgehead atoms. The van der Waals surface area contributed by atoms with Gasteiger partial charge in [-0.25, -0.2) is 0 Å². The molecule has 0 heterocycles. The molecule has 0 aliphatic carbocycles. The lowest BCUT2D eigenvalue weighted by molar-refractivity contribution is -0.138. The first kappa shape index (κ1) is 17.2. The number of amides is 1. The van der Waals surface area contributed by atoms with Crippen LogP contribution in [0.5, 0.6) is 0 Å². The number of nitrogens with one attached hydrogen (secondary N) is 1. The highest BCUT2D eigenvalue weighted by atomic mass is 16.4. The lowest BCUT2D eigenvalue weighted by atomic mass is 9.99. The van der Waals surface area contributed by atoms with Crippen molar-refractivity contribution in [1.29, 1.82) is 0 Å². The smallest absolute Gasteiger partial charge is 0.305 e. The third-order valence-corrected chi connectivity index (χ3v) is 3.46. The highest BCUT2D eigenvalue weighted by Gasteiger charge is 2.19. The van der Waals surface area contributed by atoms with Gasteiger partial charge in [0.05, 0.1) is 6.42 Å². The van der Waals surface area contributed by atoms with Crippen LogP contribution in [0.25, 0.3) is 0 Å². The van der Waals surface area contributed by atoms with Crippen molar-refractivity contribution in [3.05, 3.63) is 35.9 Å². The molecule has 0 radical (unpaired) electrons. The van der Waals surface area contributed by atoms with E-state index in [0.717, 1.165) is 5.56 Å². The predicted octanol–water partition coefficient (Wildman–Crippen LogP) is 2.08. The number of nitrogens with two attached hydrogens (primary N) is 1. The number of carboxylic acids is 1. The largest absolute Gasteiger partial charge is 0.481 e. The van der Waals surface area contributed by atoms with Gasteiger partial charge in [0.15, 0.2) is 0 Å². The Bertz CT molecular complexity index is 460. The number of carbonyl (C=O) groups is 2. The minimum absolute atomic E-state index is 0.0614. The van der Waals surface area contributed by atoms with Crippen molar-refractivity contribution in [1.82, 2.24) is 5.32 Å². The van der Waals surface area contributed by atoms with Crippen molar-refractivity contribution < 1.29 is 14.7 Å². The fourth-order valence-corrected chi connectivity index (χ4v) is 2.07. The average molecular weight is 292 g/mol. The third kappa shape index (κ3) is 6.40. The summed E-state index contributed by atoms with van der Waals surface area (Å²) < 4.78 is 0. The van der Waals surface area contributed by atoms with Gasteiger partial charge in [-0.1, -0.05) is 44.2 Å². The van der Waals surface area contributed by atoms with Crippen molar-refractivity contribution in [3.8, 4) is 0 Å². The Morgan fingerprint density at radius 3 is 2.38 bits per heavy atom. The van der Waals surface area contributed by atoms with Gasteiger partial charge in [-0.05, 0) is 17.9 Å². The lowest BCUT2D eigenvalue weighted by Crippen LogP contribution is -2.40. The Kier molecular flexibility index (Phi) is 6.88. The number of carboxylic acid groups (broad SMARTS) is 1. The average Bonchev–Trinajstić information content (AvgIpc) is 2.44. The Morgan fingerprint density at radius 2 is 1.86 bits per heavy atom. The van der Waals surface area contributed by atoms with Crippen LogP contribution in [-0.2, 0) is 9.59 Å². The highest BCUT2D eigenvalue weighted by Crippen LogP contribution is 2.15. The van der Waals surface area contributed by atoms with Gasteiger partial charge < -0.3 is 16.2 Å². The monoisotopic (exact) mass is 292 g/mol. The maximum atomic E-state index is 11.9. The fraction of sp³-hybridized carbons (Fsp3) is 0.500. The number of benzene rings is 1. The molecule has 0 saturated carbocycles. The first-order chi connectivity index (χ1) is 9.90. The van der Waals surface area contributed by atoms with Crippen LogP contribution in [0.3, 0.4) is 0 Å². The number of aliphatic carboxylic acids is 1. The van der Waals surface area contributed by atoms with Crippen LogP contribution in [0.4, 0.5) is 0 Å². The summed E-state index contributed by atoms with van der Waals surface area (Å²) in [6.07, 6.45) is 0.765. The van der Waals surface area contributed by atoms with Crippen LogP contribution in [0.1, 0.15) is 44.7 Å². The van der Waals surface area contributed by atoms with E-state index < -0.39 is 5.97 Å². The van der Waals surface area contributed by atoms with E-state index in [0.29, 0.717) is 12.8 Å². The third-order valence-electron chi connectivity index (χ3n) is 3.46. The first-order valence-electron chi connectivity index (χ1n) is 7.21. The molecule has 5 nitrogen and oxygen atoms in total. The summed E-state index contributed by atoms with van der Waals surface area (Å²) in [6.45, 7) is 3.78.